The molecule has 8 heteroatoms. The molecule has 8 nitrogen and oxygen atoms in total. The second kappa shape index (κ2) is 8.78. The molecule has 0 N–H and O–H groups in total. The number of aromatic nitrogens is 3. The van der Waals surface area contributed by atoms with Gasteiger partial charge in [-0.25, -0.2) is 14.8 Å². The number of piperazine rings is 1. The van der Waals surface area contributed by atoms with E-state index in [2.05, 4.69) is 44.1 Å². The van der Waals surface area contributed by atoms with E-state index >= 15 is 0 Å². The molecule has 0 aliphatic carbocycles. The Morgan fingerprint density at radius 1 is 0.941 bits per heavy atom. The van der Waals surface area contributed by atoms with Gasteiger partial charge in [-0.1, -0.05) is 12.1 Å². The zero-order valence-electron chi connectivity index (χ0n) is 19.6. The van der Waals surface area contributed by atoms with Crippen molar-refractivity contribution in [1.29, 1.82) is 0 Å². The lowest BCUT2D eigenvalue weighted by atomic mass is 10.1. The number of carbonyl (C=O) groups excluding carboxylic acids is 1. The van der Waals surface area contributed by atoms with Crippen LogP contribution in [-0.2, 0) is 4.74 Å². The summed E-state index contributed by atoms with van der Waals surface area (Å²) in [5.41, 5.74) is 5.96. The fourth-order valence-electron chi connectivity index (χ4n) is 4.05. The Labute approximate surface area is 198 Å². The van der Waals surface area contributed by atoms with E-state index in [0.717, 1.165) is 52.1 Å². The summed E-state index contributed by atoms with van der Waals surface area (Å²) in [6.45, 7) is 8.49. The monoisotopic (exact) mass is 457 g/mol. The van der Waals surface area contributed by atoms with Crippen LogP contribution in [0.5, 0.6) is 0 Å². The summed E-state index contributed by atoms with van der Waals surface area (Å²) in [5.74, 6) is 0. The molecule has 4 heterocycles. The molecule has 0 saturated carbocycles. The first-order valence-corrected chi connectivity index (χ1v) is 11.3. The average molecular weight is 458 g/mol. The number of pyridine rings is 1. The van der Waals surface area contributed by atoms with Gasteiger partial charge in [-0.15, -0.1) is 0 Å². The molecule has 3 aromatic heterocycles. The first-order valence-electron chi connectivity index (χ1n) is 11.3. The highest BCUT2D eigenvalue weighted by atomic mass is 16.6. The van der Waals surface area contributed by atoms with Crippen LogP contribution in [0.2, 0.25) is 0 Å². The van der Waals surface area contributed by atoms with Gasteiger partial charge >= 0.3 is 6.09 Å². The first-order chi connectivity index (χ1) is 16.4. The van der Waals surface area contributed by atoms with Gasteiger partial charge in [0.05, 0.1) is 0 Å². The maximum absolute atomic E-state index is 12.3. The van der Waals surface area contributed by atoms with Crippen molar-refractivity contribution in [3.05, 3.63) is 61.5 Å². The third-order valence-corrected chi connectivity index (χ3v) is 5.78. The van der Waals surface area contributed by atoms with Crippen molar-refractivity contribution in [2.75, 3.05) is 31.1 Å². The molecule has 1 aromatic carbocycles. The molecular formula is C26H27N5O3. The highest BCUT2D eigenvalue weighted by Crippen LogP contribution is 2.31. The summed E-state index contributed by atoms with van der Waals surface area (Å²) in [7, 11) is 0. The second-order valence-corrected chi connectivity index (χ2v) is 9.35. The van der Waals surface area contributed by atoms with Gasteiger partial charge in [0.1, 0.15) is 23.7 Å². The lowest BCUT2D eigenvalue weighted by Crippen LogP contribution is -2.50. The van der Waals surface area contributed by atoms with E-state index in [1.165, 1.54) is 6.33 Å². The van der Waals surface area contributed by atoms with Gasteiger partial charge in [-0.05, 0) is 44.5 Å². The van der Waals surface area contributed by atoms with E-state index in [0.29, 0.717) is 13.1 Å². The minimum Gasteiger partial charge on any atom is -0.462 e. The van der Waals surface area contributed by atoms with E-state index in [1.54, 1.807) is 23.6 Å². The van der Waals surface area contributed by atoms with Crippen molar-refractivity contribution in [3.8, 4) is 22.3 Å². The third kappa shape index (κ3) is 4.57. The smallest absolute Gasteiger partial charge is 0.410 e. The number of nitrogens with zero attached hydrogens (tertiary/aromatic N) is 5. The Hall–Kier alpha value is -3.94. The van der Waals surface area contributed by atoms with Crippen molar-refractivity contribution in [2.24, 2.45) is 0 Å². The lowest BCUT2D eigenvalue weighted by molar-refractivity contribution is 0.0240. The fourth-order valence-corrected chi connectivity index (χ4v) is 4.05. The fraction of sp³-hybridized carbons (Fsp3) is 0.308. The van der Waals surface area contributed by atoms with Gasteiger partial charge in [0, 0.05) is 67.1 Å². The van der Waals surface area contributed by atoms with E-state index in [4.69, 9.17) is 9.15 Å². The number of rotatable bonds is 3. The van der Waals surface area contributed by atoms with Crippen molar-refractivity contribution < 1.29 is 13.9 Å². The molecule has 0 bridgehead atoms. The summed E-state index contributed by atoms with van der Waals surface area (Å²) in [6.07, 6.45) is 8.31. The van der Waals surface area contributed by atoms with E-state index in [-0.39, 0.29) is 6.09 Å². The Balaban J connectivity index is 1.27. The third-order valence-electron chi connectivity index (χ3n) is 5.78. The average Bonchev–Trinajstić information content (AvgIpc) is 3.27. The van der Waals surface area contributed by atoms with Crippen LogP contribution >= 0.6 is 0 Å². The van der Waals surface area contributed by atoms with Crippen LogP contribution < -0.4 is 4.90 Å². The minimum atomic E-state index is -0.477. The van der Waals surface area contributed by atoms with Crippen molar-refractivity contribution in [2.45, 2.75) is 26.4 Å². The summed E-state index contributed by atoms with van der Waals surface area (Å²) in [6, 6.07) is 10.4. The normalized spacial score (nSPS) is 14.4. The topological polar surface area (TPSA) is 84.6 Å². The van der Waals surface area contributed by atoms with Crippen LogP contribution in [0.3, 0.4) is 0 Å². The zero-order valence-corrected chi connectivity index (χ0v) is 19.6. The largest absolute Gasteiger partial charge is 0.462 e. The van der Waals surface area contributed by atoms with Gasteiger partial charge in [-0.3, -0.25) is 4.98 Å². The molecule has 1 aliphatic rings. The Bertz CT molecular complexity index is 1290. The lowest BCUT2D eigenvalue weighted by Gasteiger charge is -2.36. The molecule has 4 aromatic rings. The number of amides is 1. The van der Waals surface area contributed by atoms with E-state index in [1.807, 2.05) is 33.0 Å². The number of hydrogen-bond donors (Lipinski definition) is 0. The molecule has 1 fully saturated rings. The van der Waals surface area contributed by atoms with Crippen molar-refractivity contribution >= 4 is 22.9 Å². The highest BCUT2D eigenvalue weighted by Gasteiger charge is 2.26. The van der Waals surface area contributed by atoms with Crippen molar-refractivity contribution in [3.63, 3.8) is 0 Å². The van der Waals surface area contributed by atoms with Crippen LogP contribution in [-0.4, -0.2) is 57.7 Å². The van der Waals surface area contributed by atoms with E-state index in [9.17, 15) is 4.79 Å². The maximum atomic E-state index is 12.3. The van der Waals surface area contributed by atoms with Crippen molar-refractivity contribution in [1.82, 2.24) is 19.9 Å². The summed E-state index contributed by atoms with van der Waals surface area (Å²) in [5, 5.41) is 0. The predicted molar refractivity (Wildman–Crippen MR) is 130 cm³/mol. The Kier molecular flexibility index (Phi) is 5.65. The standard InChI is InChI=1S/C26H27N5O3/c1-26(2,3)34-25(32)31-10-8-30(9-11-31)21-6-4-18(5-7-21)19-12-23-24(29-15-19)22(16-33-23)20-13-27-17-28-14-20/h4-7,12-17H,8-11H2,1-3H3. The van der Waals surface area contributed by atoms with Gasteiger partial charge in [0.2, 0.25) is 0 Å². The molecule has 0 radical (unpaired) electrons. The molecule has 174 valence electrons. The summed E-state index contributed by atoms with van der Waals surface area (Å²) >= 11 is 0. The second-order valence-electron chi connectivity index (χ2n) is 9.35. The Morgan fingerprint density at radius 3 is 2.32 bits per heavy atom. The molecule has 1 amide bonds. The molecule has 5 rings (SSSR count). The minimum absolute atomic E-state index is 0.244. The Morgan fingerprint density at radius 2 is 1.65 bits per heavy atom. The molecular weight excluding hydrogens is 430 g/mol. The van der Waals surface area contributed by atoms with E-state index < -0.39 is 5.60 Å². The first kappa shape index (κ1) is 21.9. The molecule has 1 saturated heterocycles. The number of benzene rings is 1. The van der Waals surface area contributed by atoms with Crippen LogP contribution in [0.1, 0.15) is 20.8 Å². The molecule has 0 atom stereocenters. The molecule has 34 heavy (non-hydrogen) atoms. The quantitative estimate of drug-likeness (QED) is 0.428. The predicted octanol–water partition coefficient (Wildman–Crippen LogP) is 5.01. The number of ether oxygens (including phenoxy) is 1. The number of fused-ring (bicyclic) bond motifs is 1. The van der Waals surface area contributed by atoms with Crippen LogP contribution in [0.15, 0.2) is 65.9 Å². The van der Waals surface area contributed by atoms with Crippen LogP contribution in [0.4, 0.5) is 10.5 Å². The number of furan rings is 1. The summed E-state index contributed by atoms with van der Waals surface area (Å²) < 4.78 is 11.3. The molecule has 0 spiro atoms. The number of carbonyl (C=O) groups is 1. The molecule has 1 aliphatic heterocycles. The highest BCUT2D eigenvalue weighted by molar-refractivity contribution is 5.92. The van der Waals surface area contributed by atoms with Crippen LogP contribution in [0, 0.1) is 0 Å². The summed E-state index contributed by atoms with van der Waals surface area (Å²) in [4.78, 5) is 29.2. The number of hydrogen-bond acceptors (Lipinski definition) is 7. The SMILES string of the molecule is CC(C)(C)OC(=O)N1CCN(c2ccc(-c3cnc4c(-c5cncnc5)coc4c3)cc2)CC1. The van der Waals surface area contributed by atoms with Crippen LogP contribution in [0.25, 0.3) is 33.4 Å². The van der Waals surface area contributed by atoms with Gasteiger partial charge < -0.3 is 19.0 Å². The number of anilines is 1. The molecule has 0 unspecified atom stereocenters. The van der Waals surface area contributed by atoms with Gasteiger partial charge in [0.25, 0.3) is 0 Å². The maximum Gasteiger partial charge on any atom is 0.410 e. The van der Waals surface area contributed by atoms with Gasteiger partial charge in [0.15, 0.2) is 5.58 Å². The van der Waals surface area contributed by atoms with Gasteiger partial charge in [-0.2, -0.15) is 0 Å². The zero-order chi connectivity index (χ0) is 23.7.